The summed E-state index contributed by atoms with van der Waals surface area (Å²) in [5.41, 5.74) is 0. The minimum atomic E-state index is -0.995. The summed E-state index contributed by atoms with van der Waals surface area (Å²) in [5, 5.41) is 16.5. The van der Waals surface area contributed by atoms with E-state index in [1.807, 2.05) is 0 Å². The first-order valence-corrected chi connectivity index (χ1v) is 7.11. The zero-order valence-electron chi connectivity index (χ0n) is 11.6. The van der Waals surface area contributed by atoms with E-state index in [1.54, 1.807) is 0 Å². The van der Waals surface area contributed by atoms with Gasteiger partial charge in [-0.25, -0.2) is 4.79 Å². The van der Waals surface area contributed by atoms with Crippen LogP contribution in [0.5, 0.6) is 0 Å². The van der Waals surface area contributed by atoms with Crippen molar-refractivity contribution in [2.45, 2.75) is 51.0 Å². The van der Waals surface area contributed by atoms with Gasteiger partial charge in [-0.2, -0.15) is 0 Å². The van der Waals surface area contributed by atoms with E-state index in [4.69, 9.17) is 5.11 Å². The van der Waals surface area contributed by atoms with Gasteiger partial charge in [0.05, 0.1) is 6.42 Å². The predicted octanol–water partition coefficient (Wildman–Crippen LogP) is 0.599. The van der Waals surface area contributed by atoms with Crippen molar-refractivity contribution in [3.8, 4) is 0 Å². The van der Waals surface area contributed by atoms with Gasteiger partial charge >= 0.3 is 12.0 Å². The van der Waals surface area contributed by atoms with E-state index >= 15 is 0 Å². The predicted molar refractivity (Wildman–Crippen MR) is 73.3 cm³/mol. The number of hydrogen-bond acceptors (Lipinski definition) is 3. The fourth-order valence-electron chi connectivity index (χ4n) is 2.17. The van der Waals surface area contributed by atoms with E-state index in [9.17, 15) is 14.4 Å². The molecule has 4 N–H and O–H groups in total. The lowest BCUT2D eigenvalue weighted by molar-refractivity contribution is -0.138. The Kier molecular flexibility index (Phi) is 7.46. The van der Waals surface area contributed by atoms with E-state index in [-0.39, 0.29) is 30.8 Å². The minimum absolute atomic E-state index is 0.0381. The maximum absolute atomic E-state index is 11.6. The van der Waals surface area contributed by atoms with E-state index in [2.05, 4.69) is 16.0 Å². The van der Waals surface area contributed by atoms with Crippen LogP contribution in [-0.4, -0.2) is 42.1 Å². The molecule has 1 aliphatic carbocycles. The largest absolute Gasteiger partial charge is 0.481 e. The van der Waals surface area contributed by atoms with Crippen LogP contribution in [0.4, 0.5) is 4.79 Å². The quantitative estimate of drug-likeness (QED) is 0.514. The van der Waals surface area contributed by atoms with Crippen molar-refractivity contribution in [1.82, 2.24) is 16.0 Å². The van der Waals surface area contributed by atoms with Gasteiger partial charge in [0.1, 0.15) is 0 Å². The normalized spacial score (nSPS) is 15.4. The summed E-state index contributed by atoms with van der Waals surface area (Å²) in [6, 6.07) is 0.0468. The fourth-order valence-corrected chi connectivity index (χ4v) is 2.17. The summed E-state index contributed by atoms with van der Waals surface area (Å²) in [5.74, 6) is -1.31. The van der Waals surface area contributed by atoms with Crippen molar-refractivity contribution in [2.24, 2.45) is 0 Å². The second kappa shape index (κ2) is 9.17. The molecule has 0 spiro atoms. The molecule has 1 aliphatic rings. The van der Waals surface area contributed by atoms with Crippen molar-refractivity contribution in [2.75, 3.05) is 13.1 Å². The Morgan fingerprint density at radius 1 is 0.950 bits per heavy atom. The third kappa shape index (κ3) is 7.60. The topological polar surface area (TPSA) is 108 Å². The highest BCUT2D eigenvalue weighted by atomic mass is 16.4. The molecule has 0 saturated heterocycles. The molecule has 0 aliphatic heterocycles. The summed E-state index contributed by atoms with van der Waals surface area (Å²) >= 11 is 0. The van der Waals surface area contributed by atoms with Gasteiger partial charge < -0.3 is 21.1 Å². The molecule has 0 unspecified atom stereocenters. The molecule has 7 nitrogen and oxygen atoms in total. The molecule has 0 aromatic heterocycles. The van der Waals surface area contributed by atoms with E-state index < -0.39 is 5.97 Å². The van der Waals surface area contributed by atoms with Crippen LogP contribution in [0.2, 0.25) is 0 Å². The third-order valence-corrected chi connectivity index (χ3v) is 3.24. The van der Waals surface area contributed by atoms with Gasteiger partial charge in [0.25, 0.3) is 0 Å². The lowest BCUT2D eigenvalue weighted by Crippen LogP contribution is -2.45. The molecule has 0 heterocycles. The van der Waals surface area contributed by atoms with Crippen molar-refractivity contribution in [3.63, 3.8) is 0 Å². The number of carboxylic acids is 1. The molecule has 3 amide bonds. The molecular weight excluding hydrogens is 262 g/mol. The number of aliphatic carboxylic acids is 1. The number of urea groups is 1. The highest BCUT2D eigenvalue weighted by molar-refractivity contribution is 5.80. The average molecular weight is 285 g/mol. The number of hydrogen-bond donors (Lipinski definition) is 4. The van der Waals surface area contributed by atoms with Crippen molar-refractivity contribution >= 4 is 17.9 Å². The SMILES string of the molecule is O=C(O)CCC(=O)NCCNC(=O)NC1CCCCC1. The van der Waals surface area contributed by atoms with Gasteiger partial charge in [-0.3, -0.25) is 9.59 Å². The van der Waals surface area contributed by atoms with Crippen LogP contribution >= 0.6 is 0 Å². The van der Waals surface area contributed by atoms with Crippen LogP contribution in [-0.2, 0) is 9.59 Å². The molecule has 7 heteroatoms. The molecule has 1 saturated carbocycles. The van der Waals surface area contributed by atoms with Gasteiger partial charge in [0.2, 0.25) is 5.91 Å². The van der Waals surface area contributed by atoms with Gasteiger partial charge in [0.15, 0.2) is 0 Å². The number of rotatable bonds is 7. The van der Waals surface area contributed by atoms with Crippen LogP contribution in [0, 0.1) is 0 Å². The Morgan fingerprint density at radius 3 is 2.25 bits per heavy atom. The smallest absolute Gasteiger partial charge is 0.315 e. The van der Waals surface area contributed by atoms with Crippen molar-refractivity contribution in [1.29, 1.82) is 0 Å². The average Bonchev–Trinajstić information content (AvgIpc) is 2.42. The lowest BCUT2D eigenvalue weighted by Gasteiger charge is -2.22. The second-order valence-electron chi connectivity index (χ2n) is 4.98. The van der Waals surface area contributed by atoms with Gasteiger partial charge in [-0.15, -0.1) is 0 Å². The Morgan fingerprint density at radius 2 is 1.60 bits per heavy atom. The molecule has 0 aromatic carbocycles. The number of carboxylic acid groups (broad SMARTS) is 1. The van der Waals surface area contributed by atoms with E-state index in [0.717, 1.165) is 25.7 Å². The van der Waals surface area contributed by atoms with Crippen LogP contribution in [0.15, 0.2) is 0 Å². The van der Waals surface area contributed by atoms with Crippen LogP contribution < -0.4 is 16.0 Å². The number of nitrogens with one attached hydrogen (secondary N) is 3. The highest BCUT2D eigenvalue weighted by Crippen LogP contribution is 2.16. The third-order valence-electron chi connectivity index (χ3n) is 3.24. The molecule has 0 radical (unpaired) electrons. The zero-order chi connectivity index (χ0) is 14.8. The minimum Gasteiger partial charge on any atom is -0.481 e. The van der Waals surface area contributed by atoms with Crippen LogP contribution in [0.3, 0.4) is 0 Å². The zero-order valence-corrected chi connectivity index (χ0v) is 11.6. The summed E-state index contributed by atoms with van der Waals surface area (Å²) in [4.78, 5) is 33.0. The first kappa shape index (κ1) is 16.3. The summed E-state index contributed by atoms with van der Waals surface area (Å²) in [6.07, 6.45) is 5.39. The Bertz CT molecular complexity index is 341. The molecule has 114 valence electrons. The lowest BCUT2D eigenvalue weighted by atomic mass is 9.96. The molecule has 0 bridgehead atoms. The van der Waals surface area contributed by atoms with Gasteiger partial charge in [-0.05, 0) is 12.8 Å². The number of carbonyl (C=O) groups is 3. The maximum atomic E-state index is 11.6. The fraction of sp³-hybridized carbons (Fsp3) is 0.769. The Balaban J connectivity index is 2.01. The van der Waals surface area contributed by atoms with E-state index in [1.165, 1.54) is 6.42 Å². The molecule has 0 atom stereocenters. The summed E-state index contributed by atoms with van der Waals surface area (Å²) in [6.45, 7) is 0.633. The molecule has 1 rings (SSSR count). The molecule has 20 heavy (non-hydrogen) atoms. The standard InChI is InChI=1S/C13H23N3O4/c17-11(6-7-12(18)19)14-8-9-15-13(20)16-10-4-2-1-3-5-10/h10H,1-9H2,(H,14,17)(H,18,19)(H2,15,16,20). The Hall–Kier alpha value is -1.79. The Labute approximate surface area is 118 Å². The molecule has 1 fully saturated rings. The highest BCUT2D eigenvalue weighted by Gasteiger charge is 2.15. The second-order valence-corrected chi connectivity index (χ2v) is 4.98. The number of carbonyl (C=O) groups excluding carboxylic acids is 2. The monoisotopic (exact) mass is 285 g/mol. The maximum Gasteiger partial charge on any atom is 0.315 e. The molecular formula is C13H23N3O4. The van der Waals surface area contributed by atoms with Gasteiger partial charge in [-0.1, -0.05) is 19.3 Å². The first-order chi connectivity index (χ1) is 9.58. The first-order valence-electron chi connectivity index (χ1n) is 7.11. The van der Waals surface area contributed by atoms with Crippen LogP contribution in [0.1, 0.15) is 44.9 Å². The van der Waals surface area contributed by atoms with Crippen LogP contribution in [0.25, 0.3) is 0 Å². The molecule has 0 aromatic rings. The van der Waals surface area contributed by atoms with Crippen molar-refractivity contribution in [3.05, 3.63) is 0 Å². The summed E-state index contributed by atoms with van der Waals surface area (Å²) in [7, 11) is 0. The summed E-state index contributed by atoms with van der Waals surface area (Å²) < 4.78 is 0. The number of amides is 3. The van der Waals surface area contributed by atoms with Crippen molar-refractivity contribution < 1.29 is 19.5 Å². The van der Waals surface area contributed by atoms with Gasteiger partial charge in [0, 0.05) is 25.6 Å². The van der Waals surface area contributed by atoms with E-state index in [0.29, 0.717) is 13.1 Å².